The lowest BCUT2D eigenvalue weighted by molar-refractivity contribution is 0.203. The van der Waals surface area contributed by atoms with E-state index >= 15 is 0 Å². The fourth-order valence-electron chi connectivity index (χ4n) is 2.70. The molecule has 2 heterocycles. The normalized spacial score (nSPS) is 18.3. The van der Waals surface area contributed by atoms with E-state index in [1.165, 1.54) is 12.1 Å². The van der Waals surface area contributed by atoms with Gasteiger partial charge >= 0.3 is 0 Å². The average molecular weight is 261 g/mol. The monoisotopic (exact) mass is 261 g/mol. The Hall–Kier alpha value is -1.75. The molecule has 0 radical (unpaired) electrons. The van der Waals surface area contributed by atoms with Crippen LogP contribution in [-0.4, -0.2) is 26.5 Å². The van der Waals surface area contributed by atoms with Gasteiger partial charge in [-0.25, -0.2) is 4.39 Å². The molecule has 2 aromatic rings. The molecule has 100 valence electrons. The second-order valence-corrected chi connectivity index (χ2v) is 4.94. The summed E-state index contributed by atoms with van der Waals surface area (Å²) in [7, 11) is 0. The molecule has 1 atom stereocenters. The van der Waals surface area contributed by atoms with Gasteiger partial charge in [0.15, 0.2) is 0 Å². The molecule has 0 spiro atoms. The van der Waals surface area contributed by atoms with Crippen LogP contribution in [0.5, 0.6) is 0 Å². The van der Waals surface area contributed by atoms with Gasteiger partial charge in [-0.15, -0.1) is 10.2 Å². The molecule has 1 unspecified atom stereocenters. The summed E-state index contributed by atoms with van der Waals surface area (Å²) >= 11 is 0. The Morgan fingerprint density at radius 2 is 2.26 bits per heavy atom. The predicted molar refractivity (Wildman–Crippen MR) is 68.3 cm³/mol. The van der Waals surface area contributed by atoms with Gasteiger partial charge in [-0.3, -0.25) is 0 Å². The van der Waals surface area contributed by atoms with Crippen molar-refractivity contribution in [3.8, 4) is 0 Å². The Morgan fingerprint density at radius 1 is 1.37 bits per heavy atom. The molecule has 4 nitrogen and oxygen atoms in total. The summed E-state index contributed by atoms with van der Waals surface area (Å²) in [6.45, 7) is 0.0984. The highest BCUT2D eigenvalue weighted by atomic mass is 19.1. The zero-order valence-corrected chi connectivity index (χ0v) is 10.6. The molecule has 0 bridgehead atoms. The summed E-state index contributed by atoms with van der Waals surface area (Å²) in [5, 5.41) is 17.8. The number of halogens is 1. The molecule has 0 saturated carbocycles. The average Bonchev–Trinajstić information content (AvgIpc) is 2.82. The Morgan fingerprint density at radius 3 is 3.05 bits per heavy atom. The number of aryl methyl sites for hydroxylation is 1. The van der Waals surface area contributed by atoms with E-state index in [-0.39, 0.29) is 18.5 Å². The number of aliphatic hydroxyl groups excluding tert-OH is 1. The van der Waals surface area contributed by atoms with E-state index in [0.717, 1.165) is 36.5 Å². The minimum absolute atomic E-state index is 0.0577. The largest absolute Gasteiger partial charge is 0.394 e. The number of benzene rings is 1. The van der Waals surface area contributed by atoms with Crippen molar-refractivity contribution < 1.29 is 9.50 Å². The van der Waals surface area contributed by atoms with Crippen LogP contribution in [0.3, 0.4) is 0 Å². The van der Waals surface area contributed by atoms with Crippen LogP contribution in [0.15, 0.2) is 24.3 Å². The number of aliphatic hydroxyl groups is 1. The minimum Gasteiger partial charge on any atom is -0.394 e. The van der Waals surface area contributed by atoms with E-state index in [1.807, 2.05) is 10.6 Å². The third-order valence-corrected chi connectivity index (χ3v) is 3.60. The zero-order valence-electron chi connectivity index (χ0n) is 10.6. The first-order valence-corrected chi connectivity index (χ1v) is 6.56. The molecule has 1 aromatic carbocycles. The second-order valence-electron chi connectivity index (χ2n) is 4.94. The highest BCUT2D eigenvalue weighted by Crippen LogP contribution is 2.25. The van der Waals surface area contributed by atoms with Gasteiger partial charge in [0.1, 0.15) is 17.5 Å². The van der Waals surface area contributed by atoms with Crippen LogP contribution in [0.4, 0.5) is 4.39 Å². The van der Waals surface area contributed by atoms with E-state index < -0.39 is 0 Å². The molecule has 1 aromatic heterocycles. The molecule has 0 fully saturated rings. The smallest absolute Gasteiger partial charge is 0.137 e. The van der Waals surface area contributed by atoms with Crippen LogP contribution in [0.1, 0.15) is 36.1 Å². The van der Waals surface area contributed by atoms with Gasteiger partial charge in [0.2, 0.25) is 0 Å². The molecule has 3 rings (SSSR count). The number of rotatable bonds is 3. The highest BCUT2D eigenvalue weighted by molar-refractivity contribution is 5.21. The lowest BCUT2D eigenvalue weighted by Gasteiger charge is -2.24. The summed E-state index contributed by atoms with van der Waals surface area (Å²) in [6.07, 6.45) is 3.41. The molecule has 5 heteroatoms. The van der Waals surface area contributed by atoms with Gasteiger partial charge in [0.05, 0.1) is 12.6 Å². The maximum absolute atomic E-state index is 13.2. The topological polar surface area (TPSA) is 50.9 Å². The Bertz CT molecular complexity index is 582. The SMILES string of the molecule is OCC1CCCc2nnc(Cc3cccc(F)c3)n21. The predicted octanol–water partition coefficient (Wildman–Crippen LogP) is 1.88. The number of nitrogens with zero attached hydrogens (tertiary/aromatic N) is 3. The van der Waals surface area contributed by atoms with Crippen molar-refractivity contribution in [2.24, 2.45) is 0 Å². The van der Waals surface area contributed by atoms with Gasteiger partial charge in [0.25, 0.3) is 0 Å². The van der Waals surface area contributed by atoms with E-state index in [4.69, 9.17) is 0 Å². The summed E-state index contributed by atoms with van der Waals surface area (Å²) < 4.78 is 15.2. The van der Waals surface area contributed by atoms with Crippen molar-refractivity contribution in [2.75, 3.05) is 6.61 Å². The van der Waals surface area contributed by atoms with Crippen LogP contribution in [0.2, 0.25) is 0 Å². The first-order chi connectivity index (χ1) is 9.28. The molecular weight excluding hydrogens is 245 g/mol. The fraction of sp³-hybridized carbons (Fsp3) is 0.429. The molecule has 1 aliphatic heterocycles. The molecular formula is C14H16FN3O. The molecule has 1 N–H and O–H groups in total. The van der Waals surface area contributed by atoms with E-state index in [9.17, 15) is 9.50 Å². The first kappa shape index (κ1) is 12.3. The first-order valence-electron chi connectivity index (χ1n) is 6.56. The fourth-order valence-corrected chi connectivity index (χ4v) is 2.70. The molecule has 1 aliphatic rings. The van der Waals surface area contributed by atoms with Crippen LogP contribution >= 0.6 is 0 Å². The molecule has 0 amide bonds. The van der Waals surface area contributed by atoms with E-state index in [0.29, 0.717) is 6.42 Å². The van der Waals surface area contributed by atoms with Gasteiger partial charge in [-0.1, -0.05) is 12.1 Å². The molecule has 19 heavy (non-hydrogen) atoms. The number of hydrogen-bond acceptors (Lipinski definition) is 3. The summed E-state index contributed by atoms with van der Waals surface area (Å²) in [5.41, 5.74) is 0.873. The van der Waals surface area contributed by atoms with Crippen molar-refractivity contribution >= 4 is 0 Å². The van der Waals surface area contributed by atoms with Crippen LogP contribution in [0.25, 0.3) is 0 Å². The number of hydrogen-bond donors (Lipinski definition) is 1. The van der Waals surface area contributed by atoms with Crippen molar-refractivity contribution in [3.63, 3.8) is 0 Å². The maximum Gasteiger partial charge on any atom is 0.137 e. The Labute approximate surface area is 110 Å². The van der Waals surface area contributed by atoms with Crippen molar-refractivity contribution in [1.82, 2.24) is 14.8 Å². The van der Waals surface area contributed by atoms with E-state index in [2.05, 4.69) is 10.2 Å². The van der Waals surface area contributed by atoms with Crippen LogP contribution in [0, 0.1) is 5.82 Å². The quantitative estimate of drug-likeness (QED) is 0.917. The third-order valence-electron chi connectivity index (χ3n) is 3.60. The van der Waals surface area contributed by atoms with Gasteiger partial charge in [-0.05, 0) is 30.5 Å². The standard InChI is InChI=1S/C14H16FN3O/c15-11-4-1-3-10(7-11)8-14-17-16-13-6-2-5-12(9-19)18(13)14/h1,3-4,7,12,19H,2,5-6,8-9H2. The molecule has 0 aliphatic carbocycles. The van der Waals surface area contributed by atoms with Crippen molar-refractivity contribution in [2.45, 2.75) is 31.7 Å². The van der Waals surface area contributed by atoms with Gasteiger partial charge < -0.3 is 9.67 Å². The van der Waals surface area contributed by atoms with E-state index in [1.54, 1.807) is 6.07 Å². The van der Waals surface area contributed by atoms with Crippen molar-refractivity contribution in [1.29, 1.82) is 0 Å². The lowest BCUT2D eigenvalue weighted by Crippen LogP contribution is -2.23. The molecule has 0 saturated heterocycles. The van der Waals surface area contributed by atoms with Gasteiger partial charge in [-0.2, -0.15) is 0 Å². The number of aromatic nitrogens is 3. The maximum atomic E-state index is 13.2. The van der Waals surface area contributed by atoms with Crippen LogP contribution in [-0.2, 0) is 12.8 Å². The van der Waals surface area contributed by atoms with Crippen LogP contribution < -0.4 is 0 Å². The zero-order chi connectivity index (χ0) is 13.2. The lowest BCUT2D eigenvalue weighted by atomic mass is 10.0. The number of fused-ring (bicyclic) bond motifs is 1. The summed E-state index contributed by atoms with van der Waals surface area (Å²) in [4.78, 5) is 0. The Kier molecular flexibility index (Phi) is 3.29. The summed E-state index contributed by atoms with van der Waals surface area (Å²) in [6, 6.07) is 6.57. The second kappa shape index (κ2) is 5.09. The van der Waals surface area contributed by atoms with Gasteiger partial charge in [0, 0.05) is 12.8 Å². The minimum atomic E-state index is -0.241. The summed E-state index contributed by atoms with van der Waals surface area (Å²) in [5.74, 6) is 1.49. The Balaban J connectivity index is 1.92. The van der Waals surface area contributed by atoms with Crippen molar-refractivity contribution in [3.05, 3.63) is 47.3 Å². The highest BCUT2D eigenvalue weighted by Gasteiger charge is 2.23. The third kappa shape index (κ3) is 2.38.